The quantitative estimate of drug-likeness (QED) is 0.627. The molecule has 2 heteroatoms. The first kappa shape index (κ1) is 7.22. The summed E-state index contributed by atoms with van der Waals surface area (Å²) < 4.78 is 12.6. The molecule has 1 atom stereocenters. The van der Waals surface area contributed by atoms with E-state index in [-0.39, 0.29) is 0 Å². The van der Waals surface area contributed by atoms with E-state index in [1.165, 1.54) is 19.1 Å². The van der Waals surface area contributed by atoms with E-state index in [2.05, 4.69) is 6.07 Å². The zero-order valence-corrected chi connectivity index (χ0v) is 5.63. The zero-order valence-electron chi connectivity index (χ0n) is 5.63. The number of hydrogen-bond donors (Lipinski definition) is 1. The number of hydrogen-bond acceptors (Lipinski definition) is 1. The third-order valence-electron chi connectivity index (χ3n) is 1.30. The Bertz CT molecular complexity index is 220. The third kappa shape index (κ3) is 1.33. The maximum absolute atomic E-state index is 12.6. The van der Waals surface area contributed by atoms with Gasteiger partial charge in [0, 0.05) is 5.56 Å². The summed E-state index contributed by atoms with van der Waals surface area (Å²) in [5.74, 6) is -0.405. The van der Waals surface area contributed by atoms with Crippen molar-refractivity contribution in [2.24, 2.45) is 0 Å². The maximum Gasteiger partial charge on any atom is 0.129 e. The first-order chi connectivity index (χ1) is 4.72. The Morgan fingerprint density at radius 2 is 2.40 bits per heavy atom. The minimum Gasteiger partial charge on any atom is -0.389 e. The molecule has 0 aromatic heterocycles. The highest BCUT2D eigenvalue weighted by molar-refractivity contribution is 5.18. The van der Waals surface area contributed by atoms with Gasteiger partial charge >= 0.3 is 0 Å². The topological polar surface area (TPSA) is 20.2 Å². The molecule has 53 valence electrons. The number of benzene rings is 1. The van der Waals surface area contributed by atoms with Crippen molar-refractivity contribution in [2.45, 2.75) is 13.0 Å². The van der Waals surface area contributed by atoms with Crippen LogP contribution in [0, 0.1) is 11.9 Å². The van der Waals surface area contributed by atoms with Crippen LogP contribution in [0.1, 0.15) is 18.6 Å². The van der Waals surface area contributed by atoms with Gasteiger partial charge in [-0.25, -0.2) is 4.39 Å². The predicted molar refractivity (Wildman–Crippen MR) is 35.9 cm³/mol. The van der Waals surface area contributed by atoms with Gasteiger partial charge in [-0.3, -0.25) is 0 Å². The smallest absolute Gasteiger partial charge is 0.129 e. The van der Waals surface area contributed by atoms with Crippen LogP contribution in [0.4, 0.5) is 4.39 Å². The SMILES string of the molecule is CC(O)c1cc[c]cc1F. The molecule has 1 aromatic rings. The lowest BCUT2D eigenvalue weighted by molar-refractivity contribution is 0.194. The van der Waals surface area contributed by atoms with Gasteiger partial charge in [-0.1, -0.05) is 12.1 Å². The molecule has 1 rings (SSSR count). The zero-order chi connectivity index (χ0) is 7.56. The van der Waals surface area contributed by atoms with E-state index in [0.29, 0.717) is 5.56 Å². The van der Waals surface area contributed by atoms with Crippen LogP contribution in [0.2, 0.25) is 0 Å². The van der Waals surface area contributed by atoms with Gasteiger partial charge in [0.05, 0.1) is 6.10 Å². The first-order valence-corrected chi connectivity index (χ1v) is 3.05. The lowest BCUT2D eigenvalue weighted by Crippen LogP contribution is -1.94. The Morgan fingerprint density at radius 1 is 1.70 bits per heavy atom. The van der Waals surface area contributed by atoms with Crippen molar-refractivity contribution in [3.05, 3.63) is 35.6 Å². The second-order valence-electron chi connectivity index (χ2n) is 2.12. The van der Waals surface area contributed by atoms with E-state index in [1.807, 2.05) is 0 Å². The minimum atomic E-state index is -0.741. The molecule has 10 heavy (non-hydrogen) atoms. The van der Waals surface area contributed by atoms with E-state index in [9.17, 15) is 4.39 Å². The van der Waals surface area contributed by atoms with Gasteiger partial charge in [-0.2, -0.15) is 0 Å². The van der Waals surface area contributed by atoms with Crippen molar-refractivity contribution < 1.29 is 9.50 Å². The average Bonchev–Trinajstić information content (AvgIpc) is 1.88. The van der Waals surface area contributed by atoms with Crippen molar-refractivity contribution in [1.82, 2.24) is 0 Å². The third-order valence-corrected chi connectivity index (χ3v) is 1.30. The van der Waals surface area contributed by atoms with Gasteiger partial charge in [0.25, 0.3) is 0 Å². The predicted octanol–water partition coefficient (Wildman–Crippen LogP) is 1.68. The fourth-order valence-electron chi connectivity index (χ4n) is 0.761. The van der Waals surface area contributed by atoms with E-state index in [1.54, 1.807) is 6.07 Å². The van der Waals surface area contributed by atoms with Crippen LogP contribution in [0.3, 0.4) is 0 Å². The van der Waals surface area contributed by atoms with Gasteiger partial charge in [-0.05, 0) is 19.1 Å². The largest absolute Gasteiger partial charge is 0.389 e. The monoisotopic (exact) mass is 139 g/mol. The Kier molecular flexibility index (Phi) is 2.02. The Labute approximate surface area is 59.1 Å². The molecule has 1 nitrogen and oxygen atoms in total. The number of rotatable bonds is 1. The molecule has 1 radical (unpaired) electrons. The molecule has 0 bridgehead atoms. The van der Waals surface area contributed by atoms with Crippen LogP contribution in [0.15, 0.2) is 18.2 Å². The molecule has 0 amide bonds. The molecule has 0 heterocycles. The maximum atomic E-state index is 12.6. The minimum absolute atomic E-state index is 0.318. The molecule has 1 unspecified atom stereocenters. The van der Waals surface area contributed by atoms with Gasteiger partial charge in [0.1, 0.15) is 5.82 Å². The van der Waals surface area contributed by atoms with E-state index in [0.717, 1.165) is 0 Å². The fraction of sp³-hybridized carbons (Fsp3) is 0.250. The van der Waals surface area contributed by atoms with Crippen LogP contribution < -0.4 is 0 Å². The summed E-state index contributed by atoms with van der Waals surface area (Å²) in [7, 11) is 0. The highest BCUT2D eigenvalue weighted by atomic mass is 19.1. The summed E-state index contributed by atoms with van der Waals surface area (Å²) in [5, 5.41) is 8.95. The standard InChI is InChI=1S/C8H8FO/c1-6(10)7-4-2-3-5-8(7)9/h2,4-6,10H,1H3. The molecule has 1 aromatic carbocycles. The van der Waals surface area contributed by atoms with Crippen LogP contribution in [0.25, 0.3) is 0 Å². The Balaban J connectivity index is 3.03. The lowest BCUT2D eigenvalue weighted by Gasteiger charge is -2.03. The Morgan fingerprint density at radius 3 is 2.80 bits per heavy atom. The molecule has 0 saturated carbocycles. The molecule has 0 aliphatic carbocycles. The van der Waals surface area contributed by atoms with E-state index in [4.69, 9.17) is 5.11 Å². The second kappa shape index (κ2) is 2.80. The van der Waals surface area contributed by atoms with Gasteiger partial charge in [0.15, 0.2) is 0 Å². The van der Waals surface area contributed by atoms with Crippen molar-refractivity contribution >= 4 is 0 Å². The van der Waals surface area contributed by atoms with Crippen molar-refractivity contribution in [2.75, 3.05) is 0 Å². The molecule has 0 fully saturated rings. The van der Waals surface area contributed by atoms with E-state index >= 15 is 0 Å². The molecule has 0 spiro atoms. The second-order valence-corrected chi connectivity index (χ2v) is 2.12. The van der Waals surface area contributed by atoms with Gasteiger partial charge in [-0.15, -0.1) is 0 Å². The summed E-state index contributed by atoms with van der Waals surface area (Å²) in [6, 6.07) is 6.87. The van der Waals surface area contributed by atoms with Crippen molar-refractivity contribution in [3.8, 4) is 0 Å². The van der Waals surface area contributed by atoms with Crippen LogP contribution >= 0.6 is 0 Å². The Hall–Kier alpha value is -0.890. The molecule has 0 aliphatic heterocycles. The summed E-state index contributed by atoms with van der Waals surface area (Å²) in [5.41, 5.74) is 0.318. The summed E-state index contributed by atoms with van der Waals surface area (Å²) in [6.07, 6.45) is -0.741. The van der Waals surface area contributed by atoms with Crippen LogP contribution in [0.5, 0.6) is 0 Å². The highest BCUT2D eigenvalue weighted by Crippen LogP contribution is 2.14. The van der Waals surface area contributed by atoms with Crippen molar-refractivity contribution in [1.29, 1.82) is 0 Å². The molecule has 1 N–H and O–H groups in total. The fourth-order valence-corrected chi connectivity index (χ4v) is 0.761. The number of aliphatic hydroxyl groups is 1. The summed E-state index contributed by atoms with van der Waals surface area (Å²) in [4.78, 5) is 0. The van der Waals surface area contributed by atoms with Crippen molar-refractivity contribution in [3.63, 3.8) is 0 Å². The molecular formula is C8H8FO. The number of aliphatic hydroxyl groups excluding tert-OH is 1. The normalized spacial score (nSPS) is 13.1. The summed E-state index contributed by atoms with van der Waals surface area (Å²) >= 11 is 0. The molecule has 0 aliphatic rings. The molecule has 0 saturated heterocycles. The number of halogens is 1. The van der Waals surface area contributed by atoms with Crippen LogP contribution in [-0.2, 0) is 0 Å². The first-order valence-electron chi connectivity index (χ1n) is 3.05. The highest BCUT2D eigenvalue weighted by Gasteiger charge is 2.04. The van der Waals surface area contributed by atoms with Crippen LogP contribution in [-0.4, -0.2) is 5.11 Å². The molecular weight excluding hydrogens is 131 g/mol. The average molecular weight is 139 g/mol. The van der Waals surface area contributed by atoms with Gasteiger partial charge < -0.3 is 5.11 Å². The van der Waals surface area contributed by atoms with E-state index < -0.39 is 11.9 Å². The van der Waals surface area contributed by atoms with Gasteiger partial charge in [0.2, 0.25) is 0 Å². The lowest BCUT2D eigenvalue weighted by atomic mass is 10.1. The summed E-state index contributed by atoms with van der Waals surface area (Å²) in [6.45, 7) is 1.53.